The van der Waals surface area contributed by atoms with Crippen molar-refractivity contribution in [3.05, 3.63) is 53.3 Å². The predicted octanol–water partition coefficient (Wildman–Crippen LogP) is 2.98. The number of piperazine rings is 1. The number of ether oxygens (including phenoxy) is 1. The third-order valence-corrected chi connectivity index (χ3v) is 5.17. The van der Waals surface area contributed by atoms with E-state index >= 15 is 0 Å². The number of halogens is 2. The largest absolute Gasteiger partial charge is 0.434 e. The zero-order valence-corrected chi connectivity index (χ0v) is 16.8. The van der Waals surface area contributed by atoms with E-state index in [4.69, 9.17) is 4.52 Å². The number of amides is 2. The van der Waals surface area contributed by atoms with Crippen molar-refractivity contribution in [3.63, 3.8) is 0 Å². The van der Waals surface area contributed by atoms with E-state index < -0.39 is 12.5 Å². The highest BCUT2D eigenvalue weighted by molar-refractivity contribution is 5.98. The highest BCUT2D eigenvalue weighted by Gasteiger charge is 2.28. The molecule has 1 saturated heterocycles. The summed E-state index contributed by atoms with van der Waals surface area (Å²) < 4.78 is 34.9. The van der Waals surface area contributed by atoms with Gasteiger partial charge in [0.1, 0.15) is 5.75 Å². The van der Waals surface area contributed by atoms with Gasteiger partial charge in [-0.3, -0.25) is 9.59 Å². The van der Waals surface area contributed by atoms with Gasteiger partial charge in [-0.05, 0) is 24.6 Å². The van der Waals surface area contributed by atoms with Crippen LogP contribution >= 0.6 is 0 Å². The highest BCUT2D eigenvalue weighted by Crippen LogP contribution is 2.23. The summed E-state index contributed by atoms with van der Waals surface area (Å²) in [5.74, 6) is -0.782. The number of hydrogen-bond donors (Lipinski definition) is 0. The van der Waals surface area contributed by atoms with Gasteiger partial charge >= 0.3 is 6.61 Å². The highest BCUT2D eigenvalue weighted by atomic mass is 19.3. The molecular weight excluding hydrogens is 410 g/mol. The molecule has 0 atom stereocenters. The Balaban J connectivity index is 1.44. The molecular formula is C21H20F2N4O4. The van der Waals surface area contributed by atoms with Gasteiger partial charge in [0.05, 0.1) is 22.2 Å². The fourth-order valence-electron chi connectivity index (χ4n) is 3.56. The Labute approximate surface area is 176 Å². The summed E-state index contributed by atoms with van der Waals surface area (Å²) in [7, 11) is 0. The van der Waals surface area contributed by atoms with Crippen LogP contribution in [0.4, 0.5) is 8.78 Å². The summed E-state index contributed by atoms with van der Waals surface area (Å²) >= 11 is 0. The Hall–Kier alpha value is -3.56. The van der Waals surface area contributed by atoms with Gasteiger partial charge in [-0.15, -0.1) is 0 Å². The van der Waals surface area contributed by atoms with Crippen LogP contribution in [0.5, 0.6) is 5.75 Å². The first-order valence-electron chi connectivity index (χ1n) is 9.84. The molecule has 0 N–H and O–H groups in total. The lowest BCUT2D eigenvalue weighted by Gasteiger charge is -2.35. The summed E-state index contributed by atoms with van der Waals surface area (Å²) in [5, 5.41) is 4.65. The van der Waals surface area contributed by atoms with E-state index in [-0.39, 0.29) is 30.3 Å². The van der Waals surface area contributed by atoms with E-state index in [1.807, 2.05) is 6.92 Å². The molecule has 31 heavy (non-hydrogen) atoms. The molecule has 10 heteroatoms. The summed E-state index contributed by atoms with van der Waals surface area (Å²) in [6.45, 7) is 0.0863. The molecule has 0 radical (unpaired) electrons. The second kappa shape index (κ2) is 8.66. The van der Waals surface area contributed by atoms with Crippen molar-refractivity contribution in [3.8, 4) is 5.75 Å². The molecule has 1 aromatic carbocycles. The minimum absolute atomic E-state index is 0.0665. The number of rotatable bonds is 5. The van der Waals surface area contributed by atoms with Crippen LogP contribution in [0.3, 0.4) is 0 Å². The van der Waals surface area contributed by atoms with E-state index in [1.54, 1.807) is 17.0 Å². The molecule has 1 fully saturated rings. The number of aromatic nitrogens is 2. The average molecular weight is 430 g/mol. The molecule has 1 aliphatic heterocycles. The van der Waals surface area contributed by atoms with Crippen LogP contribution in [0.2, 0.25) is 0 Å². The second-order valence-electron chi connectivity index (χ2n) is 7.02. The third-order valence-electron chi connectivity index (χ3n) is 5.17. The maximum atomic E-state index is 12.9. The number of alkyl halides is 2. The first-order chi connectivity index (χ1) is 15.0. The molecule has 3 heterocycles. The fraction of sp³-hybridized carbons (Fsp3) is 0.333. The average Bonchev–Trinajstić information content (AvgIpc) is 3.20. The van der Waals surface area contributed by atoms with Gasteiger partial charge in [-0.2, -0.15) is 8.78 Å². The van der Waals surface area contributed by atoms with Crippen LogP contribution < -0.4 is 4.74 Å². The number of fused-ring (bicyclic) bond motifs is 1. The Morgan fingerprint density at radius 3 is 2.48 bits per heavy atom. The van der Waals surface area contributed by atoms with E-state index in [1.165, 1.54) is 29.3 Å². The lowest BCUT2D eigenvalue weighted by molar-refractivity contribution is -0.0503. The molecule has 0 bridgehead atoms. The Bertz CT molecular complexity index is 1110. The third kappa shape index (κ3) is 4.18. The lowest BCUT2D eigenvalue weighted by atomic mass is 10.1. The molecule has 0 aliphatic carbocycles. The van der Waals surface area contributed by atoms with Crippen LogP contribution in [0, 0.1) is 0 Å². The normalized spacial score (nSPS) is 14.3. The maximum Gasteiger partial charge on any atom is 0.387 e. The molecule has 4 rings (SSSR count). The number of pyridine rings is 1. The standard InChI is InChI=1S/C21H20F2N4O4/c1-2-16-15-11-13(12-24-18(15)31-25-16)19(28)26-7-9-27(10-8-26)20(29)14-5-3-4-6-17(14)30-21(22)23/h3-6,11-12,21H,2,7-10H2,1H3. The minimum atomic E-state index is -3.02. The quantitative estimate of drug-likeness (QED) is 0.618. The number of aryl methyl sites for hydroxylation is 1. The van der Waals surface area contributed by atoms with Gasteiger partial charge in [0.15, 0.2) is 0 Å². The molecule has 3 aromatic rings. The van der Waals surface area contributed by atoms with Crippen LogP contribution in [0.15, 0.2) is 41.1 Å². The van der Waals surface area contributed by atoms with Crippen molar-refractivity contribution < 1.29 is 27.6 Å². The number of hydrogen-bond acceptors (Lipinski definition) is 6. The van der Waals surface area contributed by atoms with Crippen molar-refractivity contribution in [1.82, 2.24) is 19.9 Å². The Morgan fingerprint density at radius 1 is 1.13 bits per heavy atom. The van der Waals surface area contributed by atoms with Crippen LogP contribution in [-0.4, -0.2) is 64.5 Å². The maximum absolute atomic E-state index is 12.9. The van der Waals surface area contributed by atoms with Crippen molar-refractivity contribution in [1.29, 1.82) is 0 Å². The summed E-state index contributed by atoms with van der Waals surface area (Å²) in [6, 6.07) is 7.61. The molecule has 162 valence electrons. The van der Waals surface area contributed by atoms with E-state index in [0.717, 1.165) is 5.69 Å². The smallest absolute Gasteiger partial charge is 0.387 e. The van der Waals surface area contributed by atoms with E-state index in [9.17, 15) is 18.4 Å². The number of carbonyl (C=O) groups excluding carboxylic acids is 2. The second-order valence-corrected chi connectivity index (χ2v) is 7.02. The summed E-state index contributed by atoms with van der Waals surface area (Å²) in [6.07, 6.45) is 2.11. The first-order valence-corrected chi connectivity index (χ1v) is 9.84. The molecule has 2 amide bonds. The van der Waals surface area contributed by atoms with Gasteiger partial charge < -0.3 is 19.1 Å². The Kier molecular flexibility index (Phi) is 5.79. The molecule has 0 unspecified atom stereocenters. The van der Waals surface area contributed by atoms with Gasteiger partial charge in [0.2, 0.25) is 0 Å². The molecule has 2 aromatic heterocycles. The minimum Gasteiger partial charge on any atom is -0.434 e. The van der Waals surface area contributed by atoms with Crippen molar-refractivity contribution in [2.24, 2.45) is 0 Å². The summed E-state index contributed by atoms with van der Waals surface area (Å²) in [4.78, 5) is 33.0. The van der Waals surface area contributed by atoms with Gasteiger partial charge in [0.25, 0.3) is 17.5 Å². The molecule has 8 nitrogen and oxygen atoms in total. The monoisotopic (exact) mass is 430 g/mol. The zero-order valence-electron chi connectivity index (χ0n) is 16.8. The van der Waals surface area contributed by atoms with Gasteiger partial charge in [-0.1, -0.05) is 24.2 Å². The molecule has 1 aliphatic rings. The Morgan fingerprint density at radius 2 is 1.81 bits per heavy atom. The van der Waals surface area contributed by atoms with Gasteiger partial charge in [-0.25, -0.2) is 4.98 Å². The van der Waals surface area contributed by atoms with Gasteiger partial charge in [0, 0.05) is 32.4 Å². The fourth-order valence-corrected chi connectivity index (χ4v) is 3.56. The predicted molar refractivity (Wildman–Crippen MR) is 106 cm³/mol. The van der Waals surface area contributed by atoms with Crippen LogP contribution in [0.1, 0.15) is 33.3 Å². The van der Waals surface area contributed by atoms with Crippen molar-refractivity contribution in [2.75, 3.05) is 26.2 Å². The SMILES string of the molecule is CCc1noc2ncc(C(=O)N3CCN(C(=O)c4ccccc4OC(F)F)CC3)cc12. The van der Waals surface area contributed by atoms with E-state index in [0.29, 0.717) is 36.2 Å². The van der Waals surface area contributed by atoms with Crippen molar-refractivity contribution >= 4 is 22.9 Å². The number of benzene rings is 1. The van der Waals surface area contributed by atoms with E-state index in [2.05, 4.69) is 14.9 Å². The first kappa shape index (κ1) is 20.7. The topological polar surface area (TPSA) is 88.8 Å². The summed E-state index contributed by atoms with van der Waals surface area (Å²) in [5.41, 5.74) is 1.60. The number of nitrogens with zero attached hydrogens (tertiary/aromatic N) is 4. The van der Waals surface area contributed by atoms with Crippen LogP contribution in [0.25, 0.3) is 11.1 Å². The zero-order chi connectivity index (χ0) is 22.0. The van der Waals surface area contributed by atoms with Crippen molar-refractivity contribution in [2.45, 2.75) is 20.0 Å². The number of para-hydroxylation sites is 1. The molecule has 0 saturated carbocycles. The number of carbonyl (C=O) groups is 2. The molecule has 0 spiro atoms. The lowest BCUT2D eigenvalue weighted by Crippen LogP contribution is -2.50. The van der Waals surface area contributed by atoms with Crippen LogP contribution in [-0.2, 0) is 6.42 Å².